The minimum atomic E-state index is -4.78. The zero-order valence-electron chi connectivity index (χ0n) is 19.8. The van der Waals surface area contributed by atoms with Crippen molar-refractivity contribution in [1.29, 1.82) is 0 Å². The first kappa shape index (κ1) is 25.4. The zero-order chi connectivity index (χ0) is 27.7. The first-order chi connectivity index (χ1) is 18.6. The van der Waals surface area contributed by atoms with Crippen LogP contribution in [0.4, 0.5) is 22.7 Å². The van der Waals surface area contributed by atoms with E-state index in [0.717, 1.165) is 16.8 Å². The average molecular weight is 543 g/mol. The van der Waals surface area contributed by atoms with Crippen LogP contribution in [0.3, 0.4) is 0 Å². The van der Waals surface area contributed by atoms with E-state index in [1.807, 2.05) is 24.3 Å². The number of azo groups is 2. The number of phenols is 2. The molecule has 5 aromatic rings. The van der Waals surface area contributed by atoms with Crippen LogP contribution in [0.2, 0.25) is 0 Å². The van der Waals surface area contributed by atoms with Crippen LogP contribution >= 0.6 is 0 Å². The highest BCUT2D eigenvalue weighted by Gasteiger charge is 2.21. The third-order valence-electron chi connectivity index (χ3n) is 5.87. The van der Waals surface area contributed by atoms with Crippen molar-refractivity contribution in [2.45, 2.75) is 4.90 Å². The second-order valence-corrected chi connectivity index (χ2v) is 9.74. The molecule has 0 amide bonds. The van der Waals surface area contributed by atoms with Gasteiger partial charge < -0.3 is 15.3 Å². The van der Waals surface area contributed by atoms with Crippen LogP contribution < -0.4 is 0 Å². The van der Waals surface area contributed by atoms with Gasteiger partial charge >= 0.3 is 5.97 Å². The van der Waals surface area contributed by atoms with Crippen molar-refractivity contribution in [2.75, 3.05) is 0 Å². The Labute approximate surface area is 220 Å². The number of aromatic carboxylic acids is 1. The monoisotopic (exact) mass is 542 g/mol. The third kappa shape index (κ3) is 5.01. The zero-order valence-corrected chi connectivity index (χ0v) is 20.6. The predicted molar refractivity (Wildman–Crippen MR) is 143 cm³/mol. The summed E-state index contributed by atoms with van der Waals surface area (Å²) in [6.45, 7) is 0. The number of carboxylic acids is 1. The Morgan fingerprint density at radius 1 is 0.667 bits per heavy atom. The molecule has 0 fully saturated rings. The van der Waals surface area contributed by atoms with E-state index >= 15 is 0 Å². The molecule has 0 saturated carbocycles. The van der Waals surface area contributed by atoms with E-state index in [9.17, 15) is 33.1 Å². The molecule has 0 saturated heterocycles. The van der Waals surface area contributed by atoms with Crippen LogP contribution in [0.25, 0.3) is 21.5 Å². The number of rotatable bonds is 6. The van der Waals surface area contributed by atoms with Crippen LogP contribution in [0.1, 0.15) is 10.4 Å². The van der Waals surface area contributed by atoms with Gasteiger partial charge in [0.2, 0.25) is 0 Å². The Hall–Kier alpha value is -5.20. The number of phenolic OH excluding ortho intramolecular Hbond substituents is 1. The first-order valence-corrected chi connectivity index (χ1v) is 12.7. The van der Waals surface area contributed by atoms with Crippen LogP contribution in [-0.4, -0.2) is 34.3 Å². The largest absolute Gasteiger partial charge is 0.506 e. The van der Waals surface area contributed by atoms with Crippen LogP contribution in [-0.2, 0) is 10.1 Å². The van der Waals surface area contributed by atoms with Gasteiger partial charge in [-0.15, -0.1) is 20.5 Å². The Morgan fingerprint density at radius 3 is 1.85 bits per heavy atom. The van der Waals surface area contributed by atoms with E-state index in [2.05, 4.69) is 20.5 Å². The van der Waals surface area contributed by atoms with Gasteiger partial charge in [0, 0.05) is 16.2 Å². The fourth-order valence-electron chi connectivity index (χ4n) is 3.98. The topological polar surface area (TPSA) is 182 Å². The van der Waals surface area contributed by atoms with Gasteiger partial charge in [-0.2, -0.15) is 8.42 Å². The number of hydrogen-bond donors (Lipinski definition) is 4. The number of nitrogens with zero attached hydrogens (tertiary/aromatic N) is 4. The summed E-state index contributed by atoms with van der Waals surface area (Å²) in [4.78, 5) is 10.7. The van der Waals surface area contributed by atoms with E-state index in [1.54, 1.807) is 48.5 Å². The van der Waals surface area contributed by atoms with E-state index in [-0.39, 0.29) is 5.75 Å². The molecule has 0 aromatic heterocycles. The second kappa shape index (κ2) is 9.93. The fraction of sp³-hybridized carbons (Fsp3) is 0. The molecule has 4 N–H and O–H groups in total. The summed E-state index contributed by atoms with van der Waals surface area (Å²) in [5.41, 5.74) is -0.171. The van der Waals surface area contributed by atoms with Gasteiger partial charge in [0.1, 0.15) is 22.7 Å². The van der Waals surface area contributed by atoms with Gasteiger partial charge in [-0.3, -0.25) is 4.55 Å². The van der Waals surface area contributed by atoms with E-state index in [4.69, 9.17) is 0 Å². The maximum Gasteiger partial charge on any atom is 0.339 e. The standard InChI is InChI=1S/C27H18N4O7S/c32-24-12-9-15-5-1-2-6-17(15)25(24)31-29-22-11-10-21(18-7-3-4-8-19(18)22)28-30-23-14-16(39(36,37)38)13-20(26(23)33)27(34)35/h1-14,32-33H,(H,34,35)(H,36,37,38). The number of carbonyl (C=O) groups is 1. The van der Waals surface area contributed by atoms with Crippen molar-refractivity contribution < 1.29 is 33.1 Å². The summed E-state index contributed by atoms with van der Waals surface area (Å²) >= 11 is 0. The maximum atomic E-state index is 11.6. The molecule has 39 heavy (non-hydrogen) atoms. The summed E-state index contributed by atoms with van der Waals surface area (Å²) in [7, 11) is -4.78. The number of fused-ring (bicyclic) bond motifs is 2. The molecule has 0 atom stereocenters. The highest BCUT2D eigenvalue weighted by molar-refractivity contribution is 7.85. The summed E-state index contributed by atoms with van der Waals surface area (Å²) in [6, 6.07) is 22.4. The van der Waals surface area contributed by atoms with Crippen LogP contribution in [0.15, 0.2) is 110 Å². The van der Waals surface area contributed by atoms with Gasteiger partial charge in [-0.25, -0.2) is 4.79 Å². The van der Waals surface area contributed by atoms with E-state index < -0.39 is 38.0 Å². The SMILES string of the molecule is O=C(O)c1cc(S(=O)(=O)O)cc(N=Nc2ccc(N=Nc3c(O)ccc4ccccc34)c3ccccc23)c1O. The van der Waals surface area contributed by atoms with Crippen molar-refractivity contribution in [1.82, 2.24) is 0 Å². The molecule has 0 heterocycles. The predicted octanol–water partition coefficient (Wildman–Crippen LogP) is 7.18. The summed E-state index contributed by atoms with van der Waals surface area (Å²) in [6.07, 6.45) is 0. The first-order valence-electron chi connectivity index (χ1n) is 11.3. The normalized spacial score (nSPS) is 12.1. The van der Waals surface area contributed by atoms with E-state index in [1.165, 1.54) is 0 Å². The maximum absolute atomic E-state index is 11.6. The van der Waals surface area contributed by atoms with Crippen molar-refractivity contribution in [3.05, 3.63) is 90.5 Å². The number of benzene rings is 5. The second-order valence-electron chi connectivity index (χ2n) is 8.32. The molecule has 0 aliphatic carbocycles. The number of aromatic hydroxyl groups is 2. The number of carboxylic acid groups (broad SMARTS) is 1. The van der Waals surface area contributed by atoms with Gasteiger partial charge in [0.15, 0.2) is 5.75 Å². The highest BCUT2D eigenvalue weighted by atomic mass is 32.2. The minimum absolute atomic E-state index is 0.0279. The van der Waals surface area contributed by atoms with Crippen LogP contribution in [0.5, 0.6) is 11.5 Å². The lowest BCUT2D eigenvalue weighted by molar-refractivity contribution is 0.0693. The molecule has 11 nitrogen and oxygen atoms in total. The van der Waals surface area contributed by atoms with Gasteiger partial charge in [-0.1, -0.05) is 54.6 Å². The lowest BCUT2D eigenvalue weighted by Crippen LogP contribution is -2.03. The molecule has 5 rings (SSSR count). The smallest absolute Gasteiger partial charge is 0.339 e. The van der Waals surface area contributed by atoms with Crippen molar-refractivity contribution >= 4 is 60.4 Å². The minimum Gasteiger partial charge on any atom is -0.506 e. The van der Waals surface area contributed by atoms with Crippen molar-refractivity contribution in [3.8, 4) is 11.5 Å². The third-order valence-corrected chi connectivity index (χ3v) is 6.70. The Balaban J connectivity index is 1.58. The molecule has 0 bridgehead atoms. The lowest BCUT2D eigenvalue weighted by Gasteiger charge is -2.07. The van der Waals surface area contributed by atoms with Crippen LogP contribution in [0, 0.1) is 0 Å². The highest BCUT2D eigenvalue weighted by Crippen LogP contribution is 2.40. The average Bonchev–Trinajstić information content (AvgIpc) is 2.91. The Kier molecular flexibility index (Phi) is 6.48. The van der Waals surface area contributed by atoms with E-state index in [0.29, 0.717) is 33.9 Å². The molecule has 0 aliphatic heterocycles. The fourth-order valence-corrected chi connectivity index (χ4v) is 4.51. The summed E-state index contributed by atoms with van der Waals surface area (Å²) in [5.74, 6) is -2.46. The summed E-state index contributed by atoms with van der Waals surface area (Å²) in [5, 5.41) is 49.4. The molecular weight excluding hydrogens is 524 g/mol. The number of hydrogen-bond acceptors (Lipinski definition) is 9. The molecule has 0 aliphatic rings. The molecular formula is C27H18N4O7S. The molecule has 0 unspecified atom stereocenters. The molecule has 194 valence electrons. The molecule has 12 heteroatoms. The van der Waals surface area contributed by atoms with Gasteiger partial charge in [0.25, 0.3) is 10.1 Å². The van der Waals surface area contributed by atoms with Gasteiger partial charge in [0.05, 0.1) is 16.3 Å². The molecule has 0 radical (unpaired) electrons. The lowest BCUT2D eigenvalue weighted by atomic mass is 10.1. The quantitative estimate of drug-likeness (QED) is 0.129. The van der Waals surface area contributed by atoms with Crippen molar-refractivity contribution in [3.63, 3.8) is 0 Å². The molecule has 0 spiro atoms. The Bertz CT molecular complexity index is 1950. The summed E-state index contributed by atoms with van der Waals surface area (Å²) < 4.78 is 32.5. The van der Waals surface area contributed by atoms with Crippen molar-refractivity contribution in [2.24, 2.45) is 20.5 Å². The molecule has 5 aromatic carbocycles. The van der Waals surface area contributed by atoms with Gasteiger partial charge in [-0.05, 0) is 35.7 Å². The Morgan fingerprint density at radius 2 is 1.23 bits per heavy atom.